The Morgan fingerprint density at radius 3 is 2.88 bits per heavy atom. The Morgan fingerprint density at radius 1 is 1.47 bits per heavy atom. The van der Waals surface area contributed by atoms with Gasteiger partial charge in [-0.1, -0.05) is 0 Å². The molecule has 0 aliphatic rings. The first kappa shape index (κ1) is 12.1. The van der Waals surface area contributed by atoms with Crippen molar-refractivity contribution < 1.29 is 4.39 Å². The van der Waals surface area contributed by atoms with Gasteiger partial charge in [0.25, 0.3) is 0 Å². The van der Waals surface area contributed by atoms with Gasteiger partial charge < -0.3 is 5.32 Å². The maximum Gasteiger partial charge on any atom is 0.141 e. The molecule has 2 rings (SSSR count). The summed E-state index contributed by atoms with van der Waals surface area (Å²) in [7, 11) is 0. The molecular formula is C12H14FN3S. The van der Waals surface area contributed by atoms with Gasteiger partial charge in [-0.05, 0) is 26.0 Å². The van der Waals surface area contributed by atoms with Crippen molar-refractivity contribution in [1.29, 1.82) is 0 Å². The Balaban J connectivity index is 1.93. The fourth-order valence-corrected chi connectivity index (χ4v) is 2.11. The first-order valence-corrected chi connectivity index (χ1v) is 6.29. The molecule has 0 aromatic carbocycles. The zero-order chi connectivity index (χ0) is 12.3. The topological polar surface area (TPSA) is 37.8 Å². The summed E-state index contributed by atoms with van der Waals surface area (Å²) in [5, 5.41) is 6.41. The highest BCUT2D eigenvalue weighted by atomic mass is 32.1. The fraction of sp³-hybridized carbons (Fsp3) is 0.333. The number of rotatable bonds is 4. The van der Waals surface area contributed by atoms with Gasteiger partial charge in [0.15, 0.2) is 0 Å². The van der Waals surface area contributed by atoms with Crippen molar-refractivity contribution in [2.24, 2.45) is 0 Å². The van der Waals surface area contributed by atoms with E-state index in [0.717, 1.165) is 16.4 Å². The van der Waals surface area contributed by atoms with Crippen LogP contribution in [0.4, 0.5) is 4.39 Å². The van der Waals surface area contributed by atoms with E-state index in [-0.39, 0.29) is 11.9 Å². The lowest BCUT2D eigenvalue weighted by molar-refractivity contribution is 0.550. The first-order valence-electron chi connectivity index (χ1n) is 5.41. The lowest BCUT2D eigenvalue weighted by Gasteiger charge is -2.11. The molecule has 2 aromatic rings. The molecule has 0 saturated heterocycles. The largest absolute Gasteiger partial charge is 0.303 e. The highest BCUT2D eigenvalue weighted by Crippen LogP contribution is 2.12. The van der Waals surface area contributed by atoms with E-state index in [1.807, 2.05) is 19.2 Å². The number of hydrogen-bond donors (Lipinski definition) is 1. The van der Waals surface area contributed by atoms with Crippen molar-refractivity contribution in [3.63, 3.8) is 0 Å². The second-order valence-electron chi connectivity index (χ2n) is 3.86. The average Bonchev–Trinajstić information content (AvgIpc) is 2.73. The average molecular weight is 251 g/mol. The van der Waals surface area contributed by atoms with E-state index in [1.54, 1.807) is 17.4 Å². The molecule has 0 fully saturated rings. The molecule has 3 nitrogen and oxygen atoms in total. The molecule has 5 heteroatoms. The Bertz CT molecular complexity index is 481. The van der Waals surface area contributed by atoms with Crippen LogP contribution in [0, 0.1) is 12.7 Å². The van der Waals surface area contributed by atoms with Gasteiger partial charge in [-0.2, -0.15) is 0 Å². The van der Waals surface area contributed by atoms with Crippen molar-refractivity contribution >= 4 is 11.3 Å². The minimum absolute atomic E-state index is 0.0811. The van der Waals surface area contributed by atoms with Gasteiger partial charge in [-0.3, -0.25) is 4.98 Å². The fourth-order valence-electron chi connectivity index (χ4n) is 1.50. The molecule has 2 aromatic heterocycles. The summed E-state index contributed by atoms with van der Waals surface area (Å²) in [6.07, 6.45) is 1.24. The highest BCUT2D eigenvalue weighted by Gasteiger charge is 2.07. The summed E-state index contributed by atoms with van der Waals surface area (Å²) in [4.78, 5) is 8.41. The van der Waals surface area contributed by atoms with Crippen LogP contribution >= 0.6 is 11.3 Å². The number of halogens is 1. The number of aromatic nitrogens is 2. The van der Waals surface area contributed by atoms with Crippen LogP contribution < -0.4 is 5.32 Å². The van der Waals surface area contributed by atoms with Gasteiger partial charge in [0.05, 0.1) is 22.6 Å². The number of pyridine rings is 1. The maximum absolute atomic E-state index is 12.7. The van der Waals surface area contributed by atoms with Crippen molar-refractivity contribution in [2.45, 2.75) is 26.4 Å². The third kappa shape index (κ3) is 3.31. The summed E-state index contributed by atoms with van der Waals surface area (Å²) in [6, 6.07) is 3.20. The Hall–Kier alpha value is -1.33. The number of nitrogens with one attached hydrogen (secondary N) is 1. The molecule has 0 radical (unpaired) electrons. The van der Waals surface area contributed by atoms with E-state index >= 15 is 0 Å². The second-order valence-corrected chi connectivity index (χ2v) is 4.92. The van der Waals surface area contributed by atoms with Crippen LogP contribution in [0.2, 0.25) is 0 Å². The predicted molar refractivity (Wildman–Crippen MR) is 66.3 cm³/mol. The van der Waals surface area contributed by atoms with Crippen LogP contribution in [-0.4, -0.2) is 9.97 Å². The molecule has 0 amide bonds. The summed E-state index contributed by atoms with van der Waals surface area (Å²) in [6.45, 7) is 4.68. The number of hydrogen-bond acceptors (Lipinski definition) is 4. The van der Waals surface area contributed by atoms with E-state index in [4.69, 9.17) is 0 Å². The minimum Gasteiger partial charge on any atom is -0.303 e. The summed E-state index contributed by atoms with van der Waals surface area (Å²) >= 11 is 1.64. The highest BCUT2D eigenvalue weighted by molar-refractivity contribution is 7.09. The zero-order valence-corrected chi connectivity index (χ0v) is 10.6. The van der Waals surface area contributed by atoms with Gasteiger partial charge in [0.2, 0.25) is 0 Å². The Kier molecular flexibility index (Phi) is 3.81. The molecule has 0 saturated carbocycles. The number of thiazole rings is 1. The number of aryl methyl sites for hydroxylation is 1. The van der Waals surface area contributed by atoms with Crippen LogP contribution in [0.3, 0.4) is 0 Å². The molecule has 0 spiro atoms. The monoisotopic (exact) mass is 251 g/mol. The van der Waals surface area contributed by atoms with Crippen LogP contribution in [-0.2, 0) is 6.54 Å². The van der Waals surface area contributed by atoms with Gasteiger partial charge in [-0.25, -0.2) is 9.37 Å². The summed E-state index contributed by atoms with van der Waals surface area (Å²) in [5.74, 6) is -0.309. The van der Waals surface area contributed by atoms with E-state index in [9.17, 15) is 4.39 Å². The van der Waals surface area contributed by atoms with Crippen LogP contribution in [0.5, 0.6) is 0 Å². The summed E-state index contributed by atoms with van der Waals surface area (Å²) in [5.41, 5.74) is 1.86. The van der Waals surface area contributed by atoms with E-state index < -0.39 is 0 Å². The van der Waals surface area contributed by atoms with Gasteiger partial charge in [-0.15, -0.1) is 11.3 Å². The Labute approximate surface area is 104 Å². The third-order valence-electron chi connectivity index (χ3n) is 2.45. The van der Waals surface area contributed by atoms with Crippen molar-refractivity contribution in [3.05, 3.63) is 45.9 Å². The van der Waals surface area contributed by atoms with Gasteiger partial charge >= 0.3 is 0 Å². The van der Waals surface area contributed by atoms with Crippen molar-refractivity contribution in [3.8, 4) is 0 Å². The molecule has 1 atom stereocenters. The molecule has 17 heavy (non-hydrogen) atoms. The summed E-state index contributed by atoms with van der Waals surface area (Å²) < 4.78 is 12.7. The number of nitrogens with zero attached hydrogens (tertiary/aromatic N) is 2. The van der Waals surface area contributed by atoms with E-state index in [1.165, 1.54) is 12.3 Å². The lowest BCUT2D eigenvalue weighted by atomic mass is 10.2. The SMILES string of the molecule is Cc1nc(CNC(C)c2ccc(F)cn2)cs1. The quantitative estimate of drug-likeness (QED) is 0.908. The van der Waals surface area contributed by atoms with E-state index in [2.05, 4.69) is 15.3 Å². The molecule has 0 aliphatic heterocycles. The van der Waals surface area contributed by atoms with Gasteiger partial charge in [0.1, 0.15) is 5.82 Å². The Morgan fingerprint density at radius 2 is 2.29 bits per heavy atom. The van der Waals surface area contributed by atoms with Crippen LogP contribution in [0.25, 0.3) is 0 Å². The minimum atomic E-state index is -0.309. The molecular weight excluding hydrogens is 237 g/mol. The van der Waals surface area contributed by atoms with E-state index in [0.29, 0.717) is 6.54 Å². The molecule has 90 valence electrons. The molecule has 2 heterocycles. The smallest absolute Gasteiger partial charge is 0.141 e. The molecule has 1 unspecified atom stereocenters. The zero-order valence-electron chi connectivity index (χ0n) is 9.77. The second kappa shape index (κ2) is 5.33. The standard InChI is InChI=1S/C12H14FN3S/c1-8(12-4-3-10(13)5-15-12)14-6-11-7-17-9(2)16-11/h3-5,7-8,14H,6H2,1-2H3. The molecule has 0 aliphatic carbocycles. The predicted octanol–water partition coefficient (Wildman–Crippen LogP) is 2.84. The third-order valence-corrected chi connectivity index (χ3v) is 3.27. The lowest BCUT2D eigenvalue weighted by Crippen LogP contribution is -2.19. The maximum atomic E-state index is 12.7. The van der Waals surface area contributed by atoms with Crippen LogP contribution in [0.1, 0.15) is 29.4 Å². The van der Waals surface area contributed by atoms with Crippen LogP contribution in [0.15, 0.2) is 23.7 Å². The van der Waals surface area contributed by atoms with Crippen molar-refractivity contribution in [1.82, 2.24) is 15.3 Å². The van der Waals surface area contributed by atoms with Crippen molar-refractivity contribution in [2.75, 3.05) is 0 Å². The molecule has 0 bridgehead atoms. The first-order chi connectivity index (χ1) is 8.15. The van der Waals surface area contributed by atoms with Gasteiger partial charge in [0, 0.05) is 18.0 Å². The normalized spacial score (nSPS) is 12.6. The molecule has 1 N–H and O–H groups in total.